The maximum Gasteiger partial charge on any atom is 0.159 e. The zero-order valence-electron chi connectivity index (χ0n) is 56.0. The van der Waals surface area contributed by atoms with E-state index in [1.165, 1.54) is 22.9 Å². The smallest absolute Gasteiger partial charge is 0.159 e. The highest BCUT2D eigenvalue weighted by molar-refractivity contribution is 8.09. The van der Waals surface area contributed by atoms with E-state index in [0.717, 1.165) is 172 Å². The second-order valence-corrected chi connectivity index (χ2v) is 29.3. The molecule has 1 fully saturated rings. The van der Waals surface area contributed by atoms with Crippen LogP contribution in [0, 0.1) is 10.8 Å². The average molecular weight is 1390 g/mol. The number of para-hydroxylation sites is 2. The molecule has 20 rings (SSSR count). The van der Waals surface area contributed by atoms with E-state index in [2.05, 4.69) is 262 Å². The van der Waals surface area contributed by atoms with Crippen LogP contribution in [0.3, 0.4) is 0 Å². The molecule has 0 radical (unpaired) electrons. The van der Waals surface area contributed by atoms with E-state index in [4.69, 9.17) is 34.5 Å². The minimum atomic E-state index is -0.187. The predicted octanol–water partition coefficient (Wildman–Crippen LogP) is 24.3. The van der Waals surface area contributed by atoms with Crippen molar-refractivity contribution in [3.8, 4) is 5.69 Å². The number of aromatic nitrogens is 1. The number of nitrogens with one attached hydrogen (secondary N) is 2. The Morgan fingerprint density at radius 3 is 1.52 bits per heavy atom. The van der Waals surface area contributed by atoms with Crippen molar-refractivity contribution >= 4 is 200 Å². The quantitative estimate of drug-likeness (QED) is 0.0570. The van der Waals surface area contributed by atoms with Gasteiger partial charge in [-0.25, -0.2) is 0 Å². The van der Waals surface area contributed by atoms with Crippen LogP contribution in [0.4, 0.5) is 28.4 Å². The summed E-state index contributed by atoms with van der Waals surface area (Å²) in [4.78, 5) is 8.10. The molecule has 2 aliphatic heterocycles. The number of thioether (sulfide) groups is 2. The molecule has 0 spiro atoms. The van der Waals surface area contributed by atoms with Crippen molar-refractivity contribution < 1.29 is 17.7 Å². The fourth-order valence-corrected chi connectivity index (χ4v) is 19.4. The predicted molar refractivity (Wildman–Crippen MR) is 436 cm³/mol. The number of allylic oxidation sites excluding steroid dienone is 3. The molecule has 500 valence electrons. The van der Waals surface area contributed by atoms with Gasteiger partial charge in [-0.3, -0.25) is 0 Å². The van der Waals surface area contributed by atoms with E-state index in [9.17, 15) is 5.41 Å². The van der Waals surface area contributed by atoms with Crippen LogP contribution in [0.1, 0.15) is 35.6 Å². The lowest BCUT2D eigenvalue weighted by molar-refractivity contribution is 0.664. The monoisotopic (exact) mass is 1380 g/mol. The molecule has 1 saturated heterocycles. The van der Waals surface area contributed by atoms with Crippen molar-refractivity contribution in [2.24, 2.45) is 11.5 Å². The van der Waals surface area contributed by atoms with Gasteiger partial charge in [0.15, 0.2) is 11.2 Å². The van der Waals surface area contributed by atoms with Crippen molar-refractivity contribution in [1.82, 2.24) is 4.57 Å². The Labute approximate surface area is 604 Å². The number of rotatable bonds is 15. The summed E-state index contributed by atoms with van der Waals surface area (Å²) in [6, 6.07) is 89.9. The topological polar surface area (TPSA) is 167 Å². The summed E-state index contributed by atoms with van der Waals surface area (Å²) < 4.78 is 30.9. The SMILES string of the molecule is N=C/C=C(\C=N)N(c1cc2c(c3c1oc1ccccc13)c1c3c(oc4ccccc43)c(N(C(/C=C\N)=C/N)C3CC=C(c4ccccc4)S3)cc1n2-c1ccc(N(c2cccc3oc4cc5ccccc5cc4c23)c2cccc3oc4cc5ccccc5cc4c23)cc1)C1CCC(c2ccccc2)S1. The number of furan rings is 4. The number of benzene rings is 13. The number of hydrogen-bond donors (Lipinski definition) is 4. The number of nitrogens with zero attached hydrogens (tertiary/aromatic N) is 4. The van der Waals surface area contributed by atoms with E-state index in [-0.39, 0.29) is 16.0 Å². The van der Waals surface area contributed by atoms with Crippen LogP contribution in [-0.4, -0.2) is 27.7 Å². The van der Waals surface area contributed by atoms with Gasteiger partial charge in [0.25, 0.3) is 0 Å². The van der Waals surface area contributed by atoms with Gasteiger partial charge in [-0.1, -0.05) is 164 Å². The van der Waals surface area contributed by atoms with E-state index in [1.54, 1.807) is 30.2 Å². The van der Waals surface area contributed by atoms with Gasteiger partial charge in [0, 0.05) is 83.2 Å². The normalized spacial score (nSPS) is 16.1. The lowest BCUT2D eigenvalue weighted by atomic mass is 9.99. The van der Waals surface area contributed by atoms with Crippen LogP contribution in [0.25, 0.3) is 142 Å². The summed E-state index contributed by atoms with van der Waals surface area (Å²) in [5.74, 6) is 0. The molecule has 0 saturated carbocycles. The maximum absolute atomic E-state index is 9.24. The summed E-state index contributed by atoms with van der Waals surface area (Å²) in [5, 5.41) is 31.8. The van der Waals surface area contributed by atoms with Crippen LogP contribution >= 0.6 is 23.5 Å². The fourth-order valence-electron chi connectivity index (χ4n) is 16.5. The van der Waals surface area contributed by atoms with E-state index in [0.29, 0.717) is 29.0 Å². The third-order valence-electron chi connectivity index (χ3n) is 21.0. The van der Waals surface area contributed by atoms with E-state index in [1.807, 2.05) is 36.0 Å². The Bertz CT molecular complexity index is 6570. The summed E-state index contributed by atoms with van der Waals surface area (Å²) >= 11 is 3.67. The van der Waals surface area contributed by atoms with Crippen molar-refractivity contribution in [1.29, 1.82) is 10.8 Å². The van der Waals surface area contributed by atoms with Crippen LogP contribution in [-0.2, 0) is 0 Å². The molecule has 0 amide bonds. The summed E-state index contributed by atoms with van der Waals surface area (Å²) in [6.07, 6.45) is 14.2. The molecule has 12 nitrogen and oxygen atoms in total. The molecular weight excluding hydrogens is 1320 g/mol. The molecular formula is C90H64N8O4S2. The standard InChI is InChI=1S/C90H64N8O4S2/c91-43-41-61(51-93)97(81-39-37-79(103-81)53-17-3-1-4-18-53)71-49-69-87(85-63-25-11-13-29-73(63)101-89(71)85)88-70(50-72(90-86(88)64-26-12-14-30-74(64)102-90)98(62(52-94)42-44-92)82-40-38-80(104-82)54-19-5-2-6-20-54)96(69)60-35-33-59(34-36-60)95(67-27-15-31-75-83(67)65-45-55-21-7-9-23-57(55)47-77(65)99-75)68-28-16-32-76-84(68)66-46-56-22-8-10-24-58(56)48-78(66)100-76/h1-37,41-52,80-82,92,94H,38-40,91,93H2/b43-41-,61-51+,62-42+,92-44?,94-52?. The Morgan fingerprint density at radius 2 is 0.971 bits per heavy atom. The highest BCUT2D eigenvalue weighted by Gasteiger charge is 2.38. The van der Waals surface area contributed by atoms with Crippen LogP contribution in [0.5, 0.6) is 0 Å². The lowest BCUT2D eigenvalue weighted by Crippen LogP contribution is -2.31. The average Bonchev–Trinajstić information content (AvgIpc) is 1.52. The van der Waals surface area contributed by atoms with Crippen molar-refractivity contribution in [3.63, 3.8) is 0 Å². The molecule has 3 unspecified atom stereocenters. The van der Waals surface area contributed by atoms with Gasteiger partial charge >= 0.3 is 0 Å². The zero-order chi connectivity index (χ0) is 69.3. The Balaban J connectivity index is 0.892. The molecule has 3 atom stereocenters. The largest absolute Gasteiger partial charge is 0.456 e. The minimum Gasteiger partial charge on any atom is -0.456 e. The third-order valence-corrected chi connectivity index (χ3v) is 23.9. The van der Waals surface area contributed by atoms with Crippen molar-refractivity contribution in [2.45, 2.75) is 35.3 Å². The molecule has 104 heavy (non-hydrogen) atoms. The molecule has 5 aromatic heterocycles. The van der Waals surface area contributed by atoms with Gasteiger partial charge in [0.2, 0.25) is 0 Å². The first-order chi connectivity index (χ1) is 51.4. The van der Waals surface area contributed by atoms with Gasteiger partial charge in [-0.05, 0) is 167 Å². The number of nitrogens with two attached hydrogens (primary N) is 2. The molecule has 2 aliphatic rings. The maximum atomic E-state index is 9.24. The molecule has 0 bridgehead atoms. The summed E-state index contributed by atoms with van der Waals surface area (Å²) in [7, 11) is 0. The Morgan fingerprint density at radius 1 is 0.452 bits per heavy atom. The Kier molecular flexibility index (Phi) is 14.5. The van der Waals surface area contributed by atoms with Crippen molar-refractivity contribution in [3.05, 3.63) is 308 Å². The van der Waals surface area contributed by atoms with Gasteiger partial charge in [0.05, 0.1) is 66.7 Å². The second kappa shape index (κ2) is 24.6. The first-order valence-corrected chi connectivity index (χ1v) is 36.8. The highest BCUT2D eigenvalue weighted by atomic mass is 32.2. The summed E-state index contributed by atoms with van der Waals surface area (Å²) in [5.41, 5.74) is 29.9. The third kappa shape index (κ3) is 9.62. The molecule has 0 aliphatic carbocycles. The Hall–Kier alpha value is -12.6. The fraction of sp³-hybridized carbons (Fsp3) is 0.0667. The lowest BCUT2D eigenvalue weighted by Gasteiger charge is -2.32. The highest BCUT2D eigenvalue weighted by Crippen LogP contribution is 2.56. The van der Waals surface area contributed by atoms with Crippen molar-refractivity contribution in [2.75, 3.05) is 14.7 Å². The molecule has 7 heterocycles. The summed E-state index contributed by atoms with van der Waals surface area (Å²) in [6.45, 7) is 0. The van der Waals surface area contributed by atoms with E-state index >= 15 is 0 Å². The van der Waals surface area contributed by atoms with Gasteiger partial charge < -0.3 is 59.2 Å². The first kappa shape index (κ1) is 61.3. The number of hydrogen-bond acceptors (Lipinski definition) is 13. The van der Waals surface area contributed by atoms with Gasteiger partial charge in [-0.2, -0.15) is 0 Å². The minimum absolute atomic E-state index is 0.156. The van der Waals surface area contributed by atoms with Crippen LogP contribution in [0.15, 0.2) is 314 Å². The van der Waals surface area contributed by atoms with Gasteiger partial charge in [0.1, 0.15) is 33.5 Å². The zero-order valence-corrected chi connectivity index (χ0v) is 57.7. The molecule has 14 heteroatoms. The second-order valence-electron chi connectivity index (χ2n) is 26.7. The van der Waals surface area contributed by atoms with E-state index < -0.39 is 0 Å². The van der Waals surface area contributed by atoms with Crippen LogP contribution < -0.4 is 26.2 Å². The number of anilines is 5. The molecule has 13 aromatic carbocycles. The first-order valence-electron chi connectivity index (χ1n) is 35.0. The molecule has 18 aromatic rings. The van der Waals surface area contributed by atoms with Gasteiger partial charge in [-0.15, -0.1) is 23.5 Å². The van der Waals surface area contributed by atoms with Crippen LogP contribution in [0.2, 0.25) is 0 Å². The molecule has 6 N–H and O–H groups in total. The number of fused-ring (bicyclic) bond motifs is 19.